The molecule has 4 rings (SSSR count). The summed E-state index contributed by atoms with van der Waals surface area (Å²) in [6.07, 6.45) is 0. The molecule has 0 aliphatic rings. The molecule has 5 nitrogen and oxygen atoms in total. The lowest BCUT2D eigenvalue weighted by atomic mass is 10.2. The highest BCUT2D eigenvalue weighted by Gasteiger charge is 2.09. The molecule has 150 valence electrons. The molecule has 3 aromatic carbocycles. The molecule has 0 fully saturated rings. The Labute approximate surface area is 178 Å². The number of anilines is 1. The summed E-state index contributed by atoms with van der Waals surface area (Å²) in [5, 5.41) is 3.34. The fourth-order valence-corrected chi connectivity index (χ4v) is 3.87. The maximum atomic E-state index is 12.2. The second-order valence-corrected chi connectivity index (χ2v) is 7.92. The summed E-state index contributed by atoms with van der Waals surface area (Å²) < 4.78 is 5.34. The quantitative estimate of drug-likeness (QED) is 0.477. The fourth-order valence-electron chi connectivity index (χ4n) is 3.10. The zero-order valence-electron chi connectivity index (χ0n) is 16.4. The Morgan fingerprint density at radius 3 is 2.63 bits per heavy atom. The Morgan fingerprint density at radius 1 is 1.03 bits per heavy atom. The van der Waals surface area contributed by atoms with Gasteiger partial charge >= 0.3 is 5.63 Å². The fraction of sp³-hybridized carbons (Fsp3) is 0.125. The van der Waals surface area contributed by atoms with Crippen molar-refractivity contribution in [1.82, 2.24) is 4.98 Å². The molecule has 0 aliphatic carbocycles. The number of amides is 1. The van der Waals surface area contributed by atoms with Gasteiger partial charge in [0.1, 0.15) is 0 Å². The molecule has 0 aliphatic heterocycles. The van der Waals surface area contributed by atoms with Crippen LogP contribution in [0.15, 0.2) is 82.0 Å². The van der Waals surface area contributed by atoms with Crippen LogP contribution < -0.4 is 10.9 Å². The first-order valence-corrected chi connectivity index (χ1v) is 10.7. The van der Waals surface area contributed by atoms with Crippen molar-refractivity contribution >= 4 is 34.3 Å². The van der Waals surface area contributed by atoms with Crippen molar-refractivity contribution in [3.8, 4) is 11.5 Å². The summed E-state index contributed by atoms with van der Waals surface area (Å²) in [7, 11) is 0. The smallest absolute Gasteiger partial charge is 0.347 e. The van der Waals surface area contributed by atoms with Gasteiger partial charge < -0.3 is 9.73 Å². The van der Waals surface area contributed by atoms with Gasteiger partial charge in [0.05, 0.1) is 16.7 Å². The summed E-state index contributed by atoms with van der Waals surface area (Å²) in [4.78, 5) is 28.8. The molecular formula is C24H20N2O3S. The number of hydrogen-bond donors (Lipinski definition) is 1. The van der Waals surface area contributed by atoms with Gasteiger partial charge in [0, 0.05) is 17.0 Å². The van der Waals surface area contributed by atoms with Gasteiger partial charge in [0.25, 0.3) is 0 Å². The van der Waals surface area contributed by atoms with Crippen molar-refractivity contribution in [2.75, 3.05) is 11.1 Å². The molecular weight excluding hydrogens is 396 g/mol. The van der Waals surface area contributed by atoms with Crippen LogP contribution in [0.4, 0.5) is 5.69 Å². The molecule has 0 bridgehead atoms. The van der Waals surface area contributed by atoms with E-state index in [1.165, 1.54) is 11.1 Å². The van der Waals surface area contributed by atoms with Gasteiger partial charge in [0.15, 0.2) is 0 Å². The number of aromatic nitrogens is 1. The predicted molar refractivity (Wildman–Crippen MR) is 122 cm³/mol. The number of hydrogen-bond acceptors (Lipinski definition) is 5. The molecule has 30 heavy (non-hydrogen) atoms. The molecule has 1 aromatic heterocycles. The zero-order chi connectivity index (χ0) is 20.9. The second-order valence-electron chi connectivity index (χ2n) is 6.93. The molecule has 6 heteroatoms. The highest BCUT2D eigenvalue weighted by molar-refractivity contribution is 7.99. The lowest BCUT2D eigenvalue weighted by molar-refractivity contribution is -0.113. The molecule has 0 saturated carbocycles. The van der Waals surface area contributed by atoms with E-state index >= 15 is 0 Å². The van der Waals surface area contributed by atoms with E-state index in [0.29, 0.717) is 27.9 Å². The highest BCUT2D eigenvalue weighted by Crippen LogP contribution is 2.21. The van der Waals surface area contributed by atoms with Crippen LogP contribution in [0, 0.1) is 6.92 Å². The van der Waals surface area contributed by atoms with Crippen molar-refractivity contribution < 1.29 is 9.21 Å². The van der Waals surface area contributed by atoms with Gasteiger partial charge in [-0.1, -0.05) is 42.0 Å². The van der Waals surface area contributed by atoms with Crippen LogP contribution >= 0.6 is 11.8 Å². The van der Waals surface area contributed by atoms with Crippen molar-refractivity contribution in [2.45, 2.75) is 12.7 Å². The number of rotatable bonds is 6. The van der Waals surface area contributed by atoms with Gasteiger partial charge in [-0.05, 0) is 48.9 Å². The van der Waals surface area contributed by atoms with E-state index in [1.54, 1.807) is 54.2 Å². The molecule has 0 saturated heterocycles. The monoisotopic (exact) mass is 416 g/mol. The van der Waals surface area contributed by atoms with E-state index in [4.69, 9.17) is 4.42 Å². The van der Waals surface area contributed by atoms with Crippen LogP contribution in [0.1, 0.15) is 11.1 Å². The Kier molecular flexibility index (Phi) is 5.95. The van der Waals surface area contributed by atoms with E-state index in [9.17, 15) is 9.59 Å². The number of carbonyl (C=O) groups excluding carboxylic acids is 1. The molecule has 1 N–H and O–H groups in total. The number of aryl methyl sites for hydroxylation is 1. The third-order valence-corrected chi connectivity index (χ3v) is 5.54. The maximum absolute atomic E-state index is 12.2. The average molecular weight is 417 g/mol. The molecule has 0 spiro atoms. The Balaban J connectivity index is 1.38. The first kappa shape index (κ1) is 19.9. The summed E-state index contributed by atoms with van der Waals surface area (Å²) in [6.45, 7) is 2.06. The molecule has 0 radical (unpaired) electrons. The minimum atomic E-state index is -0.418. The van der Waals surface area contributed by atoms with E-state index in [0.717, 1.165) is 5.75 Å². The number of benzene rings is 3. The first-order valence-electron chi connectivity index (χ1n) is 9.52. The summed E-state index contributed by atoms with van der Waals surface area (Å²) in [5.74, 6) is 1.36. The molecule has 0 atom stereocenters. The molecule has 0 unspecified atom stereocenters. The van der Waals surface area contributed by atoms with Gasteiger partial charge in [-0.25, -0.2) is 9.78 Å². The van der Waals surface area contributed by atoms with Crippen LogP contribution in [-0.4, -0.2) is 16.6 Å². The van der Waals surface area contributed by atoms with Crippen molar-refractivity contribution in [3.63, 3.8) is 0 Å². The number of carbonyl (C=O) groups is 1. The van der Waals surface area contributed by atoms with Crippen LogP contribution in [0.3, 0.4) is 0 Å². The Morgan fingerprint density at radius 2 is 1.83 bits per heavy atom. The number of nitrogens with one attached hydrogen (secondary N) is 1. The topological polar surface area (TPSA) is 72.2 Å². The van der Waals surface area contributed by atoms with Gasteiger partial charge in [-0.2, -0.15) is 0 Å². The normalized spacial score (nSPS) is 10.8. The third-order valence-electron chi connectivity index (χ3n) is 4.54. The van der Waals surface area contributed by atoms with E-state index in [1.807, 2.05) is 12.1 Å². The van der Waals surface area contributed by atoms with Crippen LogP contribution in [-0.2, 0) is 10.5 Å². The third kappa shape index (κ3) is 4.78. The lowest BCUT2D eigenvalue weighted by Crippen LogP contribution is -2.14. The summed E-state index contributed by atoms with van der Waals surface area (Å²) in [5.41, 5.74) is 3.95. The minimum Gasteiger partial charge on any atom is -0.403 e. The van der Waals surface area contributed by atoms with E-state index < -0.39 is 5.63 Å². The predicted octanol–water partition coefficient (Wildman–Crippen LogP) is 5.04. The largest absolute Gasteiger partial charge is 0.403 e. The van der Waals surface area contributed by atoms with E-state index in [-0.39, 0.29) is 11.8 Å². The first-order chi connectivity index (χ1) is 14.6. The zero-order valence-corrected chi connectivity index (χ0v) is 17.2. The molecule has 1 amide bonds. The number of para-hydroxylation sites is 1. The van der Waals surface area contributed by atoms with Crippen molar-refractivity contribution in [2.24, 2.45) is 0 Å². The number of nitrogens with zero attached hydrogens (tertiary/aromatic N) is 1. The number of fused-ring (bicyclic) bond motifs is 1. The number of thioether (sulfide) groups is 1. The van der Waals surface area contributed by atoms with Crippen molar-refractivity contribution in [1.29, 1.82) is 0 Å². The summed E-state index contributed by atoms with van der Waals surface area (Å²) in [6, 6.07) is 22.4. The summed E-state index contributed by atoms with van der Waals surface area (Å²) >= 11 is 1.57. The second kappa shape index (κ2) is 8.97. The van der Waals surface area contributed by atoms with Gasteiger partial charge in [-0.15, -0.1) is 11.8 Å². The van der Waals surface area contributed by atoms with E-state index in [2.05, 4.69) is 35.4 Å². The van der Waals surface area contributed by atoms with Gasteiger partial charge in [-0.3, -0.25) is 4.79 Å². The standard InChI is InChI=1S/C24H20N2O3S/c1-16-5-4-6-17(13-16)14-30-15-22(27)25-19-11-9-18(10-12-19)23-26-21-8-3-2-7-20(21)24(28)29-23/h2-13H,14-15H2,1H3,(H,25,27). The van der Waals surface area contributed by atoms with Crippen LogP contribution in [0.25, 0.3) is 22.4 Å². The SMILES string of the molecule is Cc1cccc(CSCC(=O)Nc2ccc(-c3nc4ccccc4c(=O)o3)cc2)c1. The molecule has 4 aromatic rings. The van der Waals surface area contributed by atoms with Crippen LogP contribution in [0.5, 0.6) is 0 Å². The van der Waals surface area contributed by atoms with Crippen LogP contribution in [0.2, 0.25) is 0 Å². The maximum Gasteiger partial charge on any atom is 0.347 e. The highest BCUT2D eigenvalue weighted by atomic mass is 32.2. The average Bonchev–Trinajstić information content (AvgIpc) is 2.74. The Hall–Kier alpha value is -3.38. The minimum absolute atomic E-state index is 0.0595. The van der Waals surface area contributed by atoms with Gasteiger partial charge in [0.2, 0.25) is 11.8 Å². The molecule has 1 heterocycles. The van der Waals surface area contributed by atoms with Crippen molar-refractivity contribution in [3.05, 3.63) is 94.3 Å². The lowest BCUT2D eigenvalue weighted by Gasteiger charge is -2.07. The Bertz CT molecular complexity index is 1250.